The summed E-state index contributed by atoms with van der Waals surface area (Å²) in [6, 6.07) is 7.56. The molecule has 2 atom stereocenters. The molecule has 0 saturated carbocycles. The minimum absolute atomic E-state index is 0.0824. The predicted molar refractivity (Wildman–Crippen MR) is 91.0 cm³/mol. The monoisotopic (exact) mass is 329 g/mol. The molecule has 2 N–H and O–H groups in total. The summed E-state index contributed by atoms with van der Waals surface area (Å²) >= 11 is 0. The SMILES string of the molecule is COc1cccc(-c2nc(C(=O)N3CCC(C(C)O)C3)c(C)[nH]2)c1. The largest absolute Gasteiger partial charge is 0.497 e. The van der Waals surface area contributed by atoms with Gasteiger partial charge in [-0.25, -0.2) is 4.98 Å². The number of carbonyl (C=O) groups is 1. The van der Waals surface area contributed by atoms with E-state index in [1.165, 1.54) is 0 Å². The van der Waals surface area contributed by atoms with E-state index >= 15 is 0 Å². The Morgan fingerprint density at radius 1 is 1.50 bits per heavy atom. The summed E-state index contributed by atoms with van der Waals surface area (Å²) in [7, 11) is 1.62. The fourth-order valence-corrected chi connectivity index (χ4v) is 3.09. The molecule has 2 unspecified atom stereocenters. The van der Waals surface area contributed by atoms with E-state index in [0.29, 0.717) is 24.6 Å². The Morgan fingerprint density at radius 2 is 2.29 bits per heavy atom. The molecule has 0 radical (unpaired) electrons. The van der Waals surface area contributed by atoms with E-state index in [2.05, 4.69) is 9.97 Å². The fraction of sp³-hybridized carbons (Fsp3) is 0.444. The molecule has 2 aromatic rings. The minimum atomic E-state index is -0.393. The average Bonchev–Trinajstić information content (AvgIpc) is 3.21. The standard InChI is InChI=1S/C18H23N3O3/c1-11-16(18(23)21-8-7-14(10-21)12(2)22)20-17(19-11)13-5-4-6-15(9-13)24-3/h4-6,9,12,14,22H,7-8,10H2,1-3H3,(H,19,20). The Labute approximate surface area is 141 Å². The molecule has 2 heterocycles. The number of amides is 1. The molecule has 1 fully saturated rings. The van der Waals surface area contributed by atoms with Crippen LogP contribution >= 0.6 is 0 Å². The number of ether oxygens (including phenoxy) is 1. The van der Waals surface area contributed by atoms with E-state index in [1.54, 1.807) is 18.9 Å². The summed E-state index contributed by atoms with van der Waals surface area (Å²) in [6.45, 7) is 4.87. The molecular formula is C18H23N3O3. The first-order chi connectivity index (χ1) is 11.5. The van der Waals surface area contributed by atoms with Crippen molar-refractivity contribution in [2.75, 3.05) is 20.2 Å². The minimum Gasteiger partial charge on any atom is -0.497 e. The van der Waals surface area contributed by atoms with Crippen molar-refractivity contribution < 1.29 is 14.6 Å². The third kappa shape index (κ3) is 3.14. The highest BCUT2D eigenvalue weighted by Gasteiger charge is 2.31. The maximum atomic E-state index is 12.7. The number of aliphatic hydroxyl groups excluding tert-OH is 1. The van der Waals surface area contributed by atoms with Crippen molar-refractivity contribution >= 4 is 5.91 Å². The molecule has 0 spiro atoms. The van der Waals surface area contributed by atoms with Crippen LogP contribution in [0.4, 0.5) is 0 Å². The first-order valence-corrected chi connectivity index (χ1v) is 8.18. The van der Waals surface area contributed by atoms with Crippen molar-refractivity contribution in [1.29, 1.82) is 0 Å². The number of aromatic nitrogens is 2. The van der Waals surface area contributed by atoms with Gasteiger partial charge in [-0.2, -0.15) is 0 Å². The number of benzene rings is 1. The van der Waals surface area contributed by atoms with E-state index in [9.17, 15) is 9.90 Å². The number of H-pyrrole nitrogens is 1. The maximum absolute atomic E-state index is 12.7. The number of hydrogen-bond donors (Lipinski definition) is 2. The van der Waals surface area contributed by atoms with E-state index in [-0.39, 0.29) is 11.8 Å². The second-order valence-electron chi connectivity index (χ2n) is 6.33. The van der Waals surface area contributed by atoms with Crippen molar-refractivity contribution in [3.05, 3.63) is 35.7 Å². The Balaban J connectivity index is 1.82. The smallest absolute Gasteiger partial charge is 0.274 e. The van der Waals surface area contributed by atoms with Gasteiger partial charge in [-0.1, -0.05) is 12.1 Å². The zero-order valence-electron chi connectivity index (χ0n) is 14.2. The van der Waals surface area contributed by atoms with Gasteiger partial charge in [-0.15, -0.1) is 0 Å². The predicted octanol–water partition coefficient (Wildman–Crippen LogP) is 2.24. The van der Waals surface area contributed by atoms with Gasteiger partial charge in [0.1, 0.15) is 17.3 Å². The van der Waals surface area contributed by atoms with E-state index in [4.69, 9.17) is 4.74 Å². The molecule has 24 heavy (non-hydrogen) atoms. The molecule has 1 aliphatic rings. The molecule has 0 bridgehead atoms. The lowest BCUT2D eigenvalue weighted by Gasteiger charge is -2.16. The molecule has 1 aromatic heterocycles. The molecule has 1 aromatic carbocycles. The fourth-order valence-electron chi connectivity index (χ4n) is 3.09. The number of hydrogen-bond acceptors (Lipinski definition) is 4. The zero-order valence-corrected chi connectivity index (χ0v) is 14.2. The zero-order chi connectivity index (χ0) is 17.3. The van der Waals surface area contributed by atoms with Crippen LogP contribution in [0.15, 0.2) is 24.3 Å². The quantitative estimate of drug-likeness (QED) is 0.902. The van der Waals surface area contributed by atoms with Gasteiger partial charge in [0, 0.05) is 30.3 Å². The lowest BCUT2D eigenvalue weighted by atomic mass is 10.0. The number of aliphatic hydroxyl groups is 1. The molecule has 6 heteroatoms. The molecule has 1 aliphatic heterocycles. The van der Waals surface area contributed by atoms with Crippen LogP contribution in [-0.4, -0.2) is 52.2 Å². The number of methoxy groups -OCH3 is 1. The van der Waals surface area contributed by atoms with Crippen molar-refractivity contribution in [2.24, 2.45) is 5.92 Å². The van der Waals surface area contributed by atoms with Gasteiger partial charge >= 0.3 is 0 Å². The van der Waals surface area contributed by atoms with Crippen LogP contribution in [0.25, 0.3) is 11.4 Å². The third-order valence-corrected chi connectivity index (χ3v) is 4.62. The van der Waals surface area contributed by atoms with Crippen molar-refractivity contribution in [1.82, 2.24) is 14.9 Å². The number of rotatable bonds is 4. The molecule has 1 amide bonds. The van der Waals surface area contributed by atoms with Crippen LogP contribution in [0.3, 0.4) is 0 Å². The number of aromatic amines is 1. The van der Waals surface area contributed by atoms with Crippen molar-refractivity contribution in [3.63, 3.8) is 0 Å². The highest BCUT2D eigenvalue weighted by Crippen LogP contribution is 2.25. The Kier molecular flexibility index (Phi) is 4.57. The van der Waals surface area contributed by atoms with Crippen LogP contribution in [0, 0.1) is 12.8 Å². The Hall–Kier alpha value is -2.34. The van der Waals surface area contributed by atoms with Gasteiger partial charge in [0.15, 0.2) is 0 Å². The van der Waals surface area contributed by atoms with Gasteiger partial charge in [0.2, 0.25) is 0 Å². The van der Waals surface area contributed by atoms with Crippen LogP contribution in [0.1, 0.15) is 29.5 Å². The summed E-state index contributed by atoms with van der Waals surface area (Å²) in [6.07, 6.45) is 0.436. The van der Waals surface area contributed by atoms with Crippen LogP contribution < -0.4 is 4.74 Å². The Morgan fingerprint density at radius 3 is 2.96 bits per heavy atom. The molecule has 0 aliphatic carbocycles. The summed E-state index contributed by atoms with van der Waals surface area (Å²) in [5, 5.41) is 9.71. The van der Waals surface area contributed by atoms with Crippen molar-refractivity contribution in [2.45, 2.75) is 26.4 Å². The van der Waals surface area contributed by atoms with Gasteiger partial charge in [-0.05, 0) is 32.4 Å². The second-order valence-corrected chi connectivity index (χ2v) is 6.33. The van der Waals surface area contributed by atoms with Crippen LogP contribution in [0.2, 0.25) is 0 Å². The summed E-state index contributed by atoms with van der Waals surface area (Å²) in [5.41, 5.74) is 2.07. The van der Waals surface area contributed by atoms with Crippen molar-refractivity contribution in [3.8, 4) is 17.1 Å². The van der Waals surface area contributed by atoms with E-state index in [1.807, 2.05) is 31.2 Å². The number of aryl methyl sites for hydroxylation is 1. The summed E-state index contributed by atoms with van der Waals surface area (Å²) in [5.74, 6) is 1.46. The molecule has 128 valence electrons. The molecule has 1 saturated heterocycles. The topological polar surface area (TPSA) is 78.4 Å². The molecule has 3 rings (SSSR count). The summed E-state index contributed by atoms with van der Waals surface area (Å²) < 4.78 is 5.24. The third-order valence-electron chi connectivity index (χ3n) is 4.62. The van der Waals surface area contributed by atoms with Crippen LogP contribution in [-0.2, 0) is 0 Å². The van der Waals surface area contributed by atoms with E-state index in [0.717, 1.165) is 23.4 Å². The lowest BCUT2D eigenvalue weighted by Crippen LogP contribution is -2.31. The number of nitrogens with one attached hydrogen (secondary N) is 1. The van der Waals surface area contributed by atoms with Gasteiger partial charge in [0.25, 0.3) is 5.91 Å². The molecular weight excluding hydrogens is 306 g/mol. The normalized spacial score (nSPS) is 18.7. The highest BCUT2D eigenvalue weighted by molar-refractivity contribution is 5.94. The maximum Gasteiger partial charge on any atom is 0.274 e. The number of likely N-dealkylation sites (tertiary alicyclic amines) is 1. The first-order valence-electron chi connectivity index (χ1n) is 8.18. The average molecular weight is 329 g/mol. The van der Waals surface area contributed by atoms with Gasteiger partial charge in [0.05, 0.1) is 13.2 Å². The van der Waals surface area contributed by atoms with Gasteiger partial charge in [-0.3, -0.25) is 4.79 Å². The first kappa shape index (κ1) is 16.5. The Bertz CT molecular complexity index is 739. The highest BCUT2D eigenvalue weighted by atomic mass is 16.5. The van der Waals surface area contributed by atoms with Crippen LogP contribution in [0.5, 0.6) is 5.75 Å². The number of imidazole rings is 1. The number of carbonyl (C=O) groups excluding carboxylic acids is 1. The molecule has 6 nitrogen and oxygen atoms in total. The lowest BCUT2D eigenvalue weighted by molar-refractivity contribution is 0.0756. The second kappa shape index (κ2) is 6.65. The number of nitrogens with zero attached hydrogens (tertiary/aromatic N) is 2. The summed E-state index contributed by atoms with van der Waals surface area (Å²) in [4.78, 5) is 22.2. The van der Waals surface area contributed by atoms with E-state index < -0.39 is 6.10 Å². The van der Waals surface area contributed by atoms with Gasteiger partial charge < -0.3 is 19.7 Å².